The van der Waals surface area contributed by atoms with Gasteiger partial charge in [-0.15, -0.1) is 0 Å². The Morgan fingerprint density at radius 3 is 2.23 bits per heavy atom. The molecule has 0 unspecified atom stereocenters. The first-order valence-electron chi connectivity index (χ1n) is 4.15. The Kier molecular flexibility index (Phi) is 11.3. The summed E-state index contributed by atoms with van der Waals surface area (Å²) < 4.78 is 0. The molecule has 0 aliphatic rings. The van der Waals surface area contributed by atoms with Gasteiger partial charge in [0, 0.05) is 11.8 Å². The van der Waals surface area contributed by atoms with Crippen molar-refractivity contribution in [1.29, 1.82) is 0 Å². The Labute approximate surface area is 79.5 Å². The van der Waals surface area contributed by atoms with Crippen LogP contribution < -0.4 is 5.32 Å². The van der Waals surface area contributed by atoms with Crippen molar-refractivity contribution in [1.82, 2.24) is 5.32 Å². The lowest BCUT2D eigenvalue weighted by Gasteiger charge is -1.97. The fourth-order valence-electron chi connectivity index (χ4n) is 0.507. The molecule has 0 heterocycles. The van der Waals surface area contributed by atoms with Gasteiger partial charge >= 0.3 is 5.97 Å². The molecule has 0 amide bonds. The van der Waals surface area contributed by atoms with Crippen LogP contribution in [0.15, 0.2) is 36.7 Å². The van der Waals surface area contributed by atoms with Gasteiger partial charge in [-0.3, -0.25) is 0 Å². The van der Waals surface area contributed by atoms with Gasteiger partial charge in [0.25, 0.3) is 0 Å². The minimum atomic E-state index is -0.963. The maximum Gasteiger partial charge on any atom is 0.328 e. The predicted molar refractivity (Wildman–Crippen MR) is 55.2 cm³/mol. The van der Waals surface area contributed by atoms with E-state index in [2.05, 4.69) is 11.9 Å². The van der Waals surface area contributed by atoms with Crippen LogP contribution in [0.5, 0.6) is 0 Å². The number of rotatable bonds is 4. The van der Waals surface area contributed by atoms with E-state index in [0.717, 1.165) is 6.08 Å². The first-order chi connectivity index (χ1) is 6.20. The maximum atomic E-state index is 10.1. The van der Waals surface area contributed by atoms with E-state index in [1.54, 1.807) is 13.0 Å². The fourth-order valence-corrected chi connectivity index (χ4v) is 0.507. The second-order valence-corrected chi connectivity index (χ2v) is 1.76. The molecule has 0 aliphatic heterocycles. The second kappa shape index (κ2) is 10.5. The Bertz CT molecular complexity index is 205. The minimum Gasteiger partial charge on any atom is -0.478 e. The molecule has 0 saturated carbocycles. The molecular formula is C10H17NO2. The Hall–Kier alpha value is -1.51. The molecule has 0 fully saturated rings. The standard InChI is InChI=1S/C8H11NO2.C2H6/c1-3-7(9-4-2)5-6-8(10)11;1-2/h3-6,9H,2H2,1H3,(H,10,11);1-2H3/b6-5+,7-3-;. The van der Waals surface area contributed by atoms with E-state index in [1.807, 2.05) is 13.8 Å². The van der Waals surface area contributed by atoms with Crippen LogP contribution >= 0.6 is 0 Å². The van der Waals surface area contributed by atoms with Crippen molar-refractivity contribution in [3.63, 3.8) is 0 Å². The monoisotopic (exact) mass is 183 g/mol. The molecule has 0 radical (unpaired) electrons. The van der Waals surface area contributed by atoms with Gasteiger partial charge in [-0.1, -0.05) is 26.5 Å². The van der Waals surface area contributed by atoms with Crippen molar-refractivity contribution >= 4 is 5.97 Å². The number of nitrogens with one attached hydrogen (secondary N) is 1. The van der Waals surface area contributed by atoms with E-state index in [9.17, 15) is 4.79 Å². The summed E-state index contributed by atoms with van der Waals surface area (Å²) in [5, 5.41) is 11.0. The van der Waals surface area contributed by atoms with Gasteiger partial charge in [-0.2, -0.15) is 0 Å². The van der Waals surface area contributed by atoms with E-state index in [-0.39, 0.29) is 0 Å². The third kappa shape index (κ3) is 10.5. The molecule has 13 heavy (non-hydrogen) atoms. The SMILES string of the molecule is C=CNC(=C\C)/C=C/C(=O)O.CC. The van der Waals surface area contributed by atoms with Crippen LogP contribution in [0.3, 0.4) is 0 Å². The highest BCUT2D eigenvalue weighted by Crippen LogP contribution is 1.90. The summed E-state index contributed by atoms with van der Waals surface area (Å²) >= 11 is 0. The van der Waals surface area contributed by atoms with Crippen molar-refractivity contribution in [3.05, 3.63) is 36.7 Å². The molecule has 0 aliphatic carbocycles. The quantitative estimate of drug-likeness (QED) is 0.519. The average Bonchev–Trinajstić information content (AvgIpc) is 2.15. The normalized spacial score (nSPS) is 10.2. The molecule has 0 bridgehead atoms. The summed E-state index contributed by atoms with van der Waals surface area (Å²) in [7, 11) is 0. The van der Waals surface area contributed by atoms with Crippen molar-refractivity contribution in [3.8, 4) is 0 Å². The van der Waals surface area contributed by atoms with Crippen LogP contribution in [0.4, 0.5) is 0 Å². The van der Waals surface area contributed by atoms with Crippen molar-refractivity contribution in [2.75, 3.05) is 0 Å². The maximum absolute atomic E-state index is 10.1. The first-order valence-corrected chi connectivity index (χ1v) is 4.15. The summed E-state index contributed by atoms with van der Waals surface area (Å²) in [4.78, 5) is 10.1. The van der Waals surface area contributed by atoms with Crippen LogP contribution in [0.1, 0.15) is 20.8 Å². The van der Waals surface area contributed by atoms with Crippen LogP contribution in [-0.4, -0.2) is 11.1 Å². The Balaban J connectivity index is 0. The molecule has 3 heteroatoms. The van der Waals surface area contributed by atoms with Gasteiger partial charge in [-0.05, 0) is 19.2 Å². The minimum absolute atomic E-state index is 0.711. The fraction of sp³-hybridized carbons (Fsp3) is 0.300. The molecule has 3 nitrogen and oxygen atoms in total. The lowest BCUT2D eigenvalue weighted by atomic mass is 10.3. The van der Waals surface area contributed by atoms with Gasteiger partial charge in [-0.25, -0.2) is 4.79 Å². The topological polar surface area (TPSA) is 49.3 Å². The van der Waals surface area contributed by atoms with Gasteiger partial charge in [0.1, 0.15) is 0 Å². The predicted octanol–water partition coefficient (Wildman–Crippen LogP) is 2.29. The molecule has 0 spiro atoms. The highest BCUT2D eigenvalue weighted by molar-refractivity contribution is 5.80. The molecule has 0 aromatic rings. The van der Waals surface area contributed by atoms with Gasteiger partial charge in [0.05, 0.1) is 0 Å². The van der Waals surface area contributed by atoms with Crippen molar-refractivity contribution in [2.45, 2.75) is 20.8 Å². The molecule has 74 valence electrons. The zero-order chi connectivity index (χ0) is 10.7. The highest BCUT2D eigenvalue weighted by atomic mass is 16.4. The van der Waals surface area contributed by atoms with Gasteiger partial charge in [0.2, 0.25) is 0 Å². The number of hydrogen-bond acceptors (Lipinski definition) is 2. The number of hydrogen-bond donors (Lipinski definition) is 2. The summed E-state index contributed by atoms with van der Waals surface area (Å²) in [6.07, 6.45) is 5.76. The Morgan fingerprint density at radius 1 is 1.38 bits per heavy atom. The van der Waals surface area contributed by atoms with E-state index in [0.29, 0.717) is 5.70 Å². The number of carbonyl (C=O) groups is 1. The number of carboxylic acids is 1. The molecule has 0 aromatic heterocycles. The van der Waals surface area contributed by atoms with E-state index < -0.39 is 5.97 Å². The van der Waals surface area contributed by atoms with E-state index >= 15 is 0 Å². The van der Waals surface area contributed by atoms with Crippen LogP contribution in [0, 0.1) is 0 Å². The number of allylic oxidation sites excluding steroid dienone is 2. The van der Waals surface area contributed by atoms with Crippen LogP contribution in [0.2, 0.25) is 0 Å². The molecule has 0 saturated heterocycles. The lowest BCUT2D eigenvalue weighted by molar-refractivity contribution is -0.131. The van der Waals surface area contributed by atoms with Crippen LogP contribution in [-0.2, 0) is 4.79 Å². The molecule has 2 N–H and O–H groups in total. The zero-order valence-corrected chi connectivity index (χ0v) is 8.37. The van der Waals surface area contributed by atoms with Crippen molar-refractivity contribution < 1.29 is 9.90 Å². The van der Waals surface area contributed by atoms with E-state index in [4.69, 9.17) is 5.11 Å². The smallest absolute Gasteiger partial charge is 0.328 e. The highest BCUT2D eigenvalue weighted by Gasteiger charge is 1.87. The summed E-state index contributed by atoms with van der Waals surface area (Å²) in [6.45, 7) is 9.25. The number of aliphatic carboxylic acids is 1. The van der Waals surface area contributed by atoms with Crippen LogP contribution in [0.25, 0.3) is 0 Å². The van der Waals surface area contributed by atoms with Gasteiger partial charge in [0.15, 0.2) is 0 Å². The summed E-state index contributed by atoms with van der Waals surface area (Å²) in [6, 6.07) is 0. The molecular weight excluding hydrogens is 166 g/mol. The van der Waals surface area contributed by atoms with Gasteiger partial charge < -0.3 is 10.4 Å². The first kappa shape index (κ1) is 14.0. The Morgan fingerprint density at radius 2 is 1.92 bits per heavy atom. The zero-order valence-electron chi connectivity index (χ0n) is 8.37. The molecule has 0 aromatic carbocycles. The third-order valence-electron chi connectivity index (χ3n) is 0.985. The molecule has 0 rings (SSSR count). The van der Waals surface area contributed by atoms with Crippen molar-refractivity contribution in [2.24, 2.45) is 0 Å². The largest absolute Gasteiger partial charge is 0.478 e. The average molecular weight is 183 g/mol. The number of carboxylic acid groups (broad SMARTS) is 1. The second-order valence-electron chi connectivity index (χ2n) is 1.76. The van der Waals surface area contributed by atoms with E-state index in [1.165, 1.54) is 12.3 Å². The molecule has 0 atom stereocenters. The third-order valence-corrected chi connectivity index (χ3v) is 0.985. The summed E-state index contributed by atoms with van der Waals surface area (Å²) in [5.41, 5.74) is 0.711. The lowest BCUT2D eigenvalue weighted by Crippen LogP contribution is -2.01. The summed E-state index contributed by atoms with van der Waals surface area (Å²) in [5.74, 6) is -0.963.